The Labute approximate surface area is 179 Å². The van der Waals surface area contributed by atoms with Crippen LogP contribution in [-0.2, 0) is 6.42 Å². The van der Waals surface area contributed by atoms with Crippen LogP contribution in [0.1, 0.15) is 33.9 Å². The predicted octanol–water partition coefficient (Wildman–Crippen LogP) is 4.17. The summed E-state index contributed by atoms with van der Waals surface area (Å²) in [5.74, 6) is -0.322. The van der Waals surface area contributed by atoms with Gasteiger partial charge in [-0.15, -0.1) is 0 Å². The number of benzene rings is 1. The van der Waals surface area contributed by atoms with Crippen molar-refractivity contribution in [1.82, 2.24) is 15.0 Å². The Balaban J connectivity index is 1.63. The molecule has 0 saturated carbocycles. The molecule has 4 aromatic rings. The lowest BCUT2D eigenvalue weighted by molar-refractivity contribution is 0.0974. The van der Waals surface area contributed by atoms with E-state index in [1.807, 2.05) is 24.4 Å². The van der Waals surface area contributed by atoms with Crippen LogP contribution in [0.25, 0.3) is 11.1 Å². The van der Waals surface area contributed by atoms with E-state index in [0.29, 0.717) is 5.69 Å². The number of rotatable bonds is 4. The maximum Gasteiger partial charge on any atom is 0.264 e. The van der Waals surface area contributed by atoms with Gasteiger partial charge in [0.05, 0.1) is 6.04 Å². The minimum Gasteiger partial charge on any atom is -0.328 e. The molecule has 0 radical (unpaired) electrons. The molecule has 1 aliphatic carbocycles. The number of hydrogen-bond donors (Lipinski definition) is 1. The monoisotopic (exact) mass is 408 g/mol. The van der Waals surface area contributed by atoms with Gasteiger partial charge in [0.15, 0.2) is 0 Å². The number of aromatic amines is 1. The molecule has 0 aliphatic heterocycles. The summed E-state index contributed by atoms with van der Waals surface area (Å²) in [7, 11) is 0. The fourth-order valence-electron chi connectivity index (χ4n) is 4.36. The van der Waals surface area contributed by atoms with Crippen molar-refractivity contribution < 1.29 is 4.79 Å². The van der Waals surface area contributed by atoms with Crippen LogP contribution in [0.15, 0.2) is 90.4 Å². The van der Waals surface area contributed by atoms with Gasteiger partial charge in [0.1, 0.15) is 5.56 Å². The van der Waals surface area contributed by atoms with Gasteiger partial charge in [-0.3, -0.25) is 19.6 Å². The summed E-state index contributed by atoms with van der Waals surface area (Å²) in [4.78, 5) is 38.6. The molecule has 1 atom stereocenters. The van der Waals surface area contributed by atoms with Gasteiger partial charge >= 0.3 is 0 Å². The Hall–Kier alpha value is -4.06. The van der Waals surface area contributed by atoms with Gasteiger partial charge in [-0.05, 0) is 59.9 Å². The first-order chi connectivity index (χ1) is 15.2. The van der Waals surface area contributed by atoms with E-state index in [2.05, 4.69) is 27.1 Å². The number of aromatic nitrogens is 3. The highest BCUT2D eigenvalue weighted by atomic mass is 16.2. The number of nitrogens with zero attached hydrogens (tertiary/aromatic N) is 3. The second-order valence-electron chi connectivity index (χ2n) is 7.46. The van der Waals surface area contributed by atoms with Crippen LogP contribution in [0.5, 0.6) is 0 Å². The van der Waals surface area contributed by atoms with Crippen LogP contribution < -0.4 is 10.5 Å². The van der Waals surface area contributed by atoms with Gasteiger partial charge in [0.2, 0.25) is 0 Å². The molecule has 3 heterocycles. The summed E-state index contributed by atoms with van der Waals surface area (Å²) in [6.45, 7) is 0. The van der Waals surface area contributed by atoms with Crippen molar-refractivity contribution in [2.75, 3.05) is 4.90 Å². The molecule has 6 heteroatoms. The quantitative estimate of drug-likeness (QED) is 0.550. The van der Waals surface area contributed by atoms with Gasteiger partial charge in [0, 0.05) is 42.2 Å². The average molecular weight is 408 g/mol. The molecular formula is C25H20N4O2. The summed E-state index contributed by atoms with van der Waals surface area (Å²) in [5.41, 5.74) is 4.94. The topological polar surface area (TPSA) is 79.0 Å². The van der Waals surface area contributed by atoms with Gasteiger partial charge in [-0.25, -0.2) is 0 Å². The Morgan fingerprint density at radius 2 is 1.84 bits per heavy atom. The van der Waals surface area contributed by atoms with E-state index in [0.717, 1.165) is 29.5 Å². The van der Waals surface area contributed by atoms with E-state index >= 15 is 0 Å². The number of nitrogens with one attached hydrogen (secondary N) is 1. The summed E-state index contributed by atoms with van der Waals surface area (Å²) in [5, 5.41) is 0. The third-order valence-electron chi connectivity index (χ3n) is 5.73. The predicted molar refractivity (Wildman–Crippen MR) is 119 cm³/mol. The number of fused-ring (bicyclic) bond motifs is 1. The number of H-pyrrole nitrogens is 1. The lowest BCUT2D eigenvalue weighted by atomic mass is 9.97. The van der Waals surface area contributed by atoms with E-state index in [9.17, 15) is 9.59 Å². The van der Waals surface area contributed by atoms with Crippen LogP contribution in [0.3, 0.4) is 0 Å². The minimum absolute atomic E-state index is 0.121. The molecule has 1 amide bonds. The fraction of sp³-hybridized carbons (Fsp3) is 0.120. The van der Waals surface area contributed by atoms with Crippen molar-refractivity contribution in [3.63, 3.8) is 0 Å². The molecule has 31 heavy (non-hydrogen) atoms. The van der Waals surface area contributed by atoms with Crippen molar-refractivity contribution in [1.29, 1.82) is 0 Å². The number of anilines is 1. The number of hydrogen-bond acceptors (Lipinski definition) is 4. The Kier molecular flexibility index (Phi) is 4.88. The van der Waals surface area contributed by atoms with Gasteiger partial charge < -0.3 is 9.88 Å². The second kappa shape index (κ2) is 7.99. The Bertz CT molecular complexity index is 1290. The molecule has 0 spiro atoms. The van der Waals surface area contributed by atoms with E-state index in [1.165, 1.54) is 11.8 Å². The summed E-state index contributed by atoms with van der Waals surface area (Å²) >= 11 is 0. The minimum atomic E-state index is -0.395. The molecule has 1 aromatic carbocycles. The smallest absolute Gasteiger partial charge is 0.264 e. The van der Waals surface area contributed by atoms with Gasteiger partial charge in [0.25, 0.3) is 11.5 Å². The number of amides is 1. The lowest BCUT2D eigenvalue weighted by Crippen LogP contribution is -2.37. The first-order valence-electron chi connectivity index (χ1n) is 10.2. The highest BCUT2D eigenvalue weighted by Crippen LogP contribution is 2.42. The summed E-state index contributed by atoms with van der Waals surface area (Å²) < 4.78 is 0. The maximum absolute atomic E-state index is 13.6. The molecule has 0 bridgehead atoms. The Morgan fingerprint density at radius 3 is 2.61 bits per heavy atom. The SMILES string of the molecule is O=C(c1ccc[nH]c1=O)N(c1ccncc1)C1CCc2c(-c3cccnc3)cccc21. The Morgan fingerprint density at radius 1 is 0.968 bits per heavy atom. The van der Waals surface area contributed by atoms with Crippen LogP contribution in [0, 0.1) is 0 Å². The van der Waals surface area contributed by atoms with Crippen molar-refractivity contribution in [3.05, 3.63) is 113 Å². The van der Waals surface area contributed by atoms with Gasteiger partial charge in [-0.2, -0.15) is 0 Å². The maximum atomic E-state index is 13.6. The average Bonchev–Trinajstić information content (AvgIpc) is 3.25. The zero-order chi connectivity index (χ0) is 21.2. The van der Waals surface area contributed by atoms with Crippen LogP contribution in [-0.4, -0.2) is 20.9 Å². The first-order valence-corrected chi connectivity index (χ1v) is 10.2. The molecular weight excluding hydrogens is 388 g/mol. The largest absolute Gasteiger partial charge is 0.328 e. The number of pyridine rings is 3. The standard InChI is InChI=1S/C25H20N4O2/c30-24-22(7-3-13-28-24)25(31)29(18-10-14-26-15-11-18)23-9-8-20-19(5-1-6-21(20)23)17-4-2-12-27-16-17/h1-7,10-16,23H,8-9H2,(H,28,30). The molecule has 1 N–H and O–H groups in total. The zero-order valence-electron chi connectivity index (χ0n) is 16.7. The fourth-order valence-corrected chi connectivity index (χ4v) is 4.36. The molecule has 1 unspecified atom stereocenters. The first kappa shape index (κ1) is 18.9. The van der Waals surface area contributed by atoms with Crippen molar-refractivity contribution in [2.45, 2.75) is 18.9 Å². The van der Waals surface area contributed by atoms with E-state index in [1.54, 1.807) is 47.8 Å². The molecule has 5 rings (SSSR count). The zero-order valence-corrected chi connectivity index (χ0v) is 16.7. The van der Waals surface area contributed by atoms with E-state index in [4.69, 9.17) is 0 Å². The molecule has 3 aromatic heterocycles. The van der Waals surface area contributed by atoms with Gasteiger partial charge in [-0.1, -0.05) is 24.3 Å². The molecule has 0 saturated heterocycles. The molecule has 0 fully saturated rings. The van der Waals surface area contributed by atoms with Crippen LogP contribution >= 0.6 is 0 Å². The molecule has 1 aliphatic rings. The van der Waals surface area contributed by atoms with Crippen LogP contribution in [0.2, 0.25) is 0 Å². The third kappa shape index (κ3) is 3.42. The highest BCUT2D eigenvalue weighted by molar-refractivity contribution is 6.06. The molecule has 6 nitrogen and oxygen atoms in total. The summed E-state index contributed by atoms with van der Waals surface area (Å²) in [6.07, 6.45) is 10.1. The second-order valence-corrected chi connectivity index (χ2v) is 7.46. The van der Waals surface area contributed by atoms with E-state index in [-0.39, 0.29) is 17.5 Å². The lowest BCUT2D eigenvalue weighted by Gasteiger charge is -2.30. The van der Waals surface area contributed by atoms with Crippen molar-refractivity contribution in [3.8, 4) is 11.1 Å². The number of carbonyl (C=O) groups excluding carboxylic acids is 1. The molecule has 152 valence electrons. The van der Waals surface area contributed by atoms with Crippen LogP contribution in [0.4, 0.5) is 5.69 Å². The van der Waals surface area contributed by atoms with Crippen molar-refractivity contribution >= 4 is 11.6 Å². The van der Waals surface area contributed by atoms with E-state index < -0.39 is 5.56 Å². The number of carbonyl (C=O) groups is 1. The normalized spacial score (nSPS) is 14.8. The third-order valence-corrected chi connectivity index (χ3v) is 5.73. The summed E-state index contributed by atoms with van der Waals surface area (Å²) in [6, 6.07) is 16.8. The van der Waals surface area contributed by atoms with Crippen molar-refractivity contribution in [2.24, 2.45) is 0 Å². The highest BCUT2D eigenvalue weighted by Gasteiger charge is 2.34.